The van der Waals surface area contributed by atoms with E-state index in [1.165, 1.54) is 0 Å². The lowest BCUT2D eigenvalue weighted by Crippen LogP contribution is -2.33. The highest BCUT2D eigenvalue weighted by Gasteiger charge is 2.07. The molecule has 5 heteroatoms. The van der Waals surface area contributed by atoms with E-state index in [9.17, 15) is 9.90 Å². The van der Waals surface area contributed by atoms with E-state index in [-0.39, 0.29) is 11.8 Å². The molecule has 0 fully saturated rings. The van der Waals surface area contributed by atoms with Gasteiger partial charge in [-0.2, -0.15) is 0 Å². The number of urea groups is 1. The Kier molecular flexibility index (Phi) is 3.41. The van der Waals surface area contributed by atoms with Gasteiger partial charge in [0.1, 0.15) is 5.75 Å². The average Bonchev–Trinajstić information content (AvgIpc) is 2.65. The molecule has 0 radical (unpaired) electrons. The number of nitrogens with zero attached hydrogens (tertiary/aromatic N) is 1. The predicted octanol–water partition coefficient (Wildman–Crippen LogP) is 1.36. The zero-order valence-corrected chi connectivity index (χ0v) is 10.5. The van der Waals surface area contributed by atoms with Gasteiger partial charge in [0.25, 0.3) is 0 Å². The number of nitrogens with one attached hydrogen (secondary N) is 2. The molecule has 2 amide bonds. The topological polar surface area (TPSA) is 66.3 Å². The van der Waals surface area contributed by atoms with Crippen LogP contribution in [0.3, 0.4) is 0 Å². The van der Waals surface area contributed by atoms with Crippen LogP contribution in [0.15, 0.2) is 24.4 Å². The van der Waals surface area contributed by atoms with Crippen molar-refractivity contribution in [2.45, 2.75) is 6.42 Å². The molecule has 0 bridgehead atoms. The van der Waals surface area contributed by atoms with Crippen LogP contribution in [0.1, 0.15) is 5.56 Å². The smallest absolute Gasteiger partial charge is 0.314 e. The summed E-state index contributed by atoms with van der Waals surface area (Å²) in [6.07, 6.45) is 2.75. The minimum absolute atomic E-state index is 0.182. The van der Waals surface area contributed by atoms with Gasteiger partial charge in [-0.1, -0.05) is 0 Å². The van der Waals surface area contributed by atoms with Gasteiger partial charge in [-0.3, -0.25) is 0 Å². The Labute approximate surface area is 105 Å². The first-order valence-corrected chi connectivity index (χ1v) is 5.84. The lowest BCUT2D eigenvalue weighted by Gasteiger charge is -2.03. The summed E-state index contributed by atoms with van der Waals surface area (Å²) in [7, 11) is 3.56. The molecule has 2 rings (SSSR count). The van der Waals surface area contributed by atoms with Gasteiger partial charge in [0.05, 0.1) is 0 Å². The number of fused-ring (bicyclic) bond motifs is 1. The number of rotatable bonds is 3. The summed E-state index contributed by atoms with van der Waals surface area (Å²) in [5.74, 6) is 0.259. The average molecular weight is 247 g/mol. The Hall–Kier alpha value is -2.17. The molecule has 5 nitrogen and oxygen atoms in total. The molecule has 0 saturated heterocycles. The third-order valence-electron chi connectivity index (χ3n) is 2.96. The molecular formula is C13H17N3O2. The molecule has 1 aromatic heterocycles. The molecule has 3 N–H and O–H groups in total. The van der Waals surface area contributed by atoms with E-state index in [1.807, 2.05) is 23.9 Å². The van der Waals surface area contributed by atoms with Gasteiger partial charge in [-0.25, -0.2) is 4.79 Å². The number of aromatic hydroxyl groups is 1. The Morgan fingerprint density at radius 1 is 1.44 bits per heavy atom. The summed E-state index contributed by atoms with van der Waals surface area (Å²) in [5.41, 5.74) is 2.18. The standard InChI is InChI=1S/C13H17N3O2/c1-14-13(18)15-6-5-9-8-16(2)12-4-3-10(17)7-11(9)12/h3-4,7-8,17H,5-6H2,1-2H3,(H2,14,15,18). The SMILES string of the molecule is CNC(=O)NCCc1cn(C)c2ccc(O)cc12. The van der Waals surface area contributed by atoms with Crippen LogP contribution in [0.5, 0.6) is 5.75 Å². The second-order valence-corrected chi connectivity index (χ2v) is 4.22. The fraction of sp³-hybridized carbons (Fsp3) is 0.308. The van der Waals surface area contributed by atoms with E-state index < -0.39 is 0 Å². The molecule has 0 unspecified atom stereocenters. The lowest BCUT2D eigenvalue weighted by atomic mass is 10.1. The lowest BCUT2D eigenvalue weighted by molar-refractivity contribution is 0.243. The van der Waals surface area contributed by atoms with Crippen LogP contribution in [-0.4, -0.2) is 29.3 Å². The zero-order chi connectivity index (χ0) is 13.1. The maximum atomic E-state index is 11.1. The number of hydrogen-bond acceptors (Lipinski definition) is 2. The number of benzene rings is 1. The molecule has 0 spiro atoms. The first-order valence-electron chi connectivity index (χ1n) is 5.84. The van der Waals surface area contributed by atoms with Crippen molar-refractivity contribution < 1.29 is 9.90 Å². The van der Waals surface area contributed by atoms with Crippen LogP contribution in [-0.2, 0) is 13.5 Å². The van der Waals surface area contributed by atoms with E-state index in [1.54, 1.807) is 19.2 Å². The molecule has 96 valence electrons. The molecule has 1 aromatic carbocycles. The minimum atomic E-state index is -0.182. The van der Waals surface area contributed by atoms with Gasteiger partial charge in [0, 0.05) is 37.7 Å². The van der Waals surface area contributed by atoms with Gasteiger partial charge < -0.3 is 20.3 Å². The van der Waals surface area contributed by atoms with Gasteiger partial charge in [0.2, 0.25) is 0 Å². The molecule has 2 aromatic rings. The Morgan fingerprint density at radius 2 is 2.22 bits per heavy atom. The fourth-order valence-electron chi connectivity index (χ4n) is 2.06. The third kappa shape index (κ3) is 2.40. The van der Waals surface area contributed by atoms with Gasteiger partial charge in [0.15, 0.2) is 0 Å². The van der Waals surface area contributed by atoms with E-state index in [0.717, 1.165) is 22.9 Å². The van der Waals surface area contributed by atoms with E-state index in [4.69, 9.17) is 0 Å². The molecule has 1 heterocycles. The highest BCUT2D eigenvalue weighted by atomic mass is 16.3. The van der Waals surface area contributed by atoms with Crippen LogP contribution < -0.4 is 10.6 Å². The summed E-state index contributed by atoms with van der Waals surface area (Å²) < 4.78 is 2.02. The number of amides is 2. The van der Waals surface area contributed by atoms with Crippen LogP contribution in [0.2, 0.25) is 0 Å². The second kappa shape index (κ2) is 5.00. The molecular weight excluding hydrogens is 230 g/mol. The number of carbonyl (C=O) groups is 1. The molecule has 18 heavy (non-hydrogen) atoms. The Balaban J connectivity index is 2.18. The van der Waals surface area contributed by atoms with E-state index in [0.29, 0.717) is 6.54 Å². The van der Waals surface area contributed by atoms with Crippen molar-refractivity contribution >= 4 is 16.9 Å². The van der Waals surface area contributed by atoms with Crippen molar-refractivity contribution in [1.29, 1.82) is 0 Å². The van der Waals surface area contributed by atoms with E-state index >= 15 is 0 Å². The largest absolute Gasteiger partial charge is 0.508 e. The number of aromatic nitrogens is 1. The number of phenols is 1. The van der Waals surface area contributed by atoms with Crippen LogP contribution in [0.25, 0.3) is 10.9 Å². The van der Waals surface area contributed by atoms with Crippen LogP contribution in [0, 0.1) is 0 Å². The molecule has 0 atom stereocenters. The van der Waals surface area contributed by atoms with Crippen molar-refractivity contribution in [3.05, 3.63) is 30.0 Å². The van der Waals surface area contributed by atoms with Gasteiger partial charge in [-0.15, -0.1) is 0 Å². The normalized spacial score (nSPS) is 10.6. The maximum absolute atomic E-state index is 11.1. The molecule has 0 aliphatic carbocycles. The summed E-state index contributed by atoms with van der Waals surface area (Å²) in [4.78, 5) is 11.1. The summed E-state index contributed by atoms with van der Waals surface area (Å²) in [5, 5.41) is 15.8. The second-order valence-electron chi connectivity index (χ2n) is 4.22. The number of hydrogen-bond donors (Lipinski definition) is 3. The maximum Gasteiger partial charge on any atom is 0.314 e. The zero-order valence-electron chi connectivity index (χ0n) is 10.5. The van der Waals surface area contributed by atoms with Gasteiger partial charge in [-0.05, 0) is 30.2 Å². The van der Waals surface area contributed by atoms with Crippen molar-refractivity contribution in [1.82, 2.24) is 15.2 Å². The highest BCUT2D eigenvalue weighted by Crippen LogP contribution is 2.24. The number of phenolic OH excluding ortho intramolecular Hbond substituents is 1. The van der Waals surface area contributed by atoms with Crippen LogP contribution in [0.4, 0.5) is 4.79 Å². The van der Waals surface area contributed by atoms with Crippen molar-refractivity contribution in [2.75, 3.05) is 13.6 Å². The number of carbonyl (C=O) groups excluding carboxylic acids is 1. The molecule has 0 saturated carbocycles. The third-order valence-corrected chi connectivity index (χ3v) is 2.96. The summed E-state index contributed by atoms with van der Waals surface area (Å²) in [6, 6.07) is 5.14. The number of aryl methyl sites for hydroxylation is 1. The van der Waals surface area contributed by atoms with E-state index in [2.05, 4.69) is 10.6 Å². The molecule has 0 aliphatic rings. The van der Waals surface area contributed by atoms with Crippen molar-refractivity contribution in [3.63, 3.8) is 0 Å². The fourth-order valence-corrected chi connectivity index (χ4v) is 2.06. The Bertz CT molecular complexity index is 575. The van der Waals surface area contributed by atoms with Crippen molar-refractivity contribution in [3.8, 4) is 5.75 Å². The molecule has 0 aliphatic heterocycles. The van der Waals surface area contributed by atoms with Crippen LogP contribution >= 0.6 is 0 Å². The first-order chi connectivity index (χ1) is 8.61. The quantitative estimate of drug-likeness (QED) is 0.766. The Morgan fingerprint density at radius 3 is 2.94 bits per heavy atom. The van der Waals surface area contributed by atoms with Gasteiger partial charge >= 0.3 is 6.03 Å². The minimum Gasteiger partial charge on any atom is -0.508 e. The highest BCUT2D eigenvalue weighted by molar-refractivity contribution is 5.85. The predicted molar refractivity (Wildman–Crippen MR) is 70.7 cm³/mol. The summed E-state index contributed by atoms with van der Waals surface area (Å²) >= 11 is 0. The summed E-state index contributed by atoms with van der Waals surface area (Å²) in [6.45, 7) is 0.564. The first kappa shape index (κ1) is 12.3. The van der Waals surface area contributed by atoms with Crippen molar-refractivity contribution in [2.24, 2.45) is 7.05 Å². The monoisotopic (exact) mass is 247 g/mol.